The Morgan fingerprint density at radius 3 is 2.09 bits per heavy atom. The third-order valence-electron chi connectivity index (χ3n) is 5.59. The zero-order valence-corrected chi connectivity index (χ0v) is 18.2. The highest BCUT2D eigenvalue weighted by molar-refractivity contribution is 5.89. The highest BCUT2D eigenvalue weighted by atomic mass is 16.5. The summed E-state index contributed by atoms with van der Waals surface area (Å²) in [6.45, 7) is 2.04. The first kappa shape index (κ1) is 23.3. The van der Waals surface area contributed by atoms with Crippen molar-refractivity contribution < 1.29 is 29.0 Å². The van der Waals surface area contributed by atoms with Gasteiger partial charge in [0.2, 0.25) is 5.91 Å². The topological polar surface area (TPSA) is 114 Å². The number of rotatable bonds is 10. The van der Waals surface area contributed by atoms with Gasteiger partial charge in [0.05, 0.1) is 0 Å². The van der Waals surface area contributed by atoms with Crippen molar-refractivity contribution in [2.75, 3.05) is 20.3 Å². The normalized spacial score (nSPS) is 14.1. The predicted molar refractivity (Wildman–Crippen MR) is 118 cm³/mol. The van der Waals surface area contributed by atoms with E-state index in [0.29, 0.717) is 0 Å². The van der Waals surface area contributed by atoms with Crippen molar-refractivity contribution in [1.29, 1.82) is 0 Å². The Hall–Kier alpha value is -3.39. The molecule has 3 rings (SSSR count). The van der Waals surface area contributed by atoms with E-state index in [0.717, 1.165) is 22.3 Å². The fourth-order valence-electron chi connectivity index (χ4n) is 3.90. The number of carboxylic acid groups (broad SMARTS) is 1. The molecule has 8 heteroatoms. The number of carbonyl (C=O) groups is 3. The van der Waals surface area contributed by atoms with E-state index in [4.69, 9.17) is 9.47 Å². The second kappa shape index (κ2) is 10.8. The van der Waals surface area contributed by atoms with Crippen LogP contribution in [0.3, 0.4) is 0 Å². The summed E-state index contributed by atoms with van der Waals surface area (Å²) in [6, 6.07) is 14.0. The van der Waals surface area contributed by atoms with E-state index in [2.05, 4.69) is 10.6 Å². The standard InChI is InChI=1S/C24H28N2O6/c1-3-20(22(27)25-21(23(28)29)12-13-31-2)26-24(30)32-14-19-17-10-6-4-8-15(17)16-9-5-7-11-18(16)19/h4-11,19-21H,3,12-14H2,1-2H3,(H,25,27)(H,26,30)(H,28,29). The van der Waals surface area contributed by atoms with E-state index in [1.54, 1.807) is 6.92 Å². The number of hydrogen-bond acceptors (Lipinski definition) is 5. The second-order valence-electron chi connectivity index (χ2n) is 7.61. The molecule has 2 aromatic rings. The lowest BCUT2D eigenvalue weighted by molar-refractivity contribution is -0.142. The molecule has 170 valence electrons. The Balaban J connectivity index is 1.60. The molecule has 3 N–H and O–H groups in total. The maximum absolute atomic E-state index is 12.5. The Labute approximate surface area is 186 Å². The second-order valence-corrected chi connectivity index (χ2v) is 7.61. The number of ether oxygens (including phenoxy) is 2. The first-order valence-electron chi connectivity index (χ1n) is 10.6. The van der Waals surface area contributed by atoms with Gasteiger partial charge in [0.1, 0.15) is 18.7 Å². The number of carbonyl (C=O) groups excluding carboxylic acids is 2. The molecule has 0 bridgehead atoms. The number of fused-ring (bicyclic) bond motifs is 3. The summed E-state index contributed by atoms with van der Waals surface area (Å²) >= 11 is 0. The molecule has 1 aliphatic rings. The minimum atomic E-state index is -1.16. The van der Waals surface area contributed by atoms with Crippen LogP contribution in [-0.4, -0.2) is 55.5 Å². The van der Waals surface area contributed by atoms with Gasteiger partial charge >= 0.3 is 12.1 Å². The number of methoxy groups -OCH3 is 1. The first-order valence-corrected chi connectivity index (χ1v) is 10.6. The molecule has 0 heterocycles. The van der Waals surface area contributed by atoms with Crippen molar-refractivity contribution in [2.45, 2.75) is 37.8 Å². The van der Waals surface area contributed by atoms with Gasteiger partial charge in [0.25, 0.3) is 0 Å². The van der Waals surface area contributed by atoms with Crippen molar-refractivity contribution in [3.63, 3.8) is 0 Å². The van der Waals surface area contributed by atoms with Gasteiger partial charge in [0, 0.05) is 26.1 Å². The zero-order valence-electron chi connectivity index (χ0n) is 18.2. The summed E-state index contributed by atoms with van der Waals surface area (Å²) in [6.07, 6.45) is -0.316. The predicted octanol–water partition coefficient (Wildman–Crippen LogP) is 2.91. The van der Waals surface area contributed by atoms with Crippen LogP contribution in [0, 0.1) is 0 Å². The lowest BCUT2D eigenvalue weighted by Gasteiger charge is -2.21. The van der Waals surface area contributed by atoms with Crippen LogP contribution in [0.2, 0.25) is 0 Å². The molecule has 2 atom stereocenters. The molecule has 2 amide bonds. The number of benzene rings is 2. The Morgan fingerprint density at radius 1 is 0.969 bits per heavy atom. The summed E-state index contributed by atoms with van der Waals surface area (Å²) in [5, 5.41) is 14.3. The van der Waals surface area contributed by atoms with Crippen LogP contribution < -0.4 is 10.6 Å². The fourth-order valence-corrected chi connectivity index (χ4v) is 3.90. The molecule has 2 unspecified atom stereocenters. The van der Waals surface area contributed by atoms with Gasteiger partial charge < -0.3 is 25.2 Å². The molecule has 2 aromatic carbocycles. The molecule has 0 aromatic heterocycles. The largest absolute Gasteiger partial charge is 0.480 e. The highest BCUT2D eigenvalue weighted by Gasteiger charge is 2.30. The number of amides is 2. The number of aliphatic carboxylic acids is 1. The molecule has 0 aliphatic heterocycles. The lowest BCUT2D eigenvalue weighted by Crippen LogP contribution is -2.51. The van der Waals surface area contributed by atoms with Gasteiger partial charge in [0.15, 0.2) is 0 Å². The molecule has 0 saturated heterocycles. The van der Waals surface area contributed by atoms with E-state index in [9.17, 15) is 19.5 Å². The number of carboxylic acids is 1. The van der Waals surface area contributed by atoms with Gasteiger partial charge in [-0.15, -0.1) is 0 Å². The van der Waals surface area contributed by atoms with Crippen molar-refractivity contribution in [1.82, 2.24) is 10.6 Å². The molecule has 1 aliphatic carbocycles. The third-order valence-corrected chi connectivity index (χ3v) is 5.59. The van der Waals surface area contributed by atoms with Gasteiger partial charge in [-0.3, -0.25) is 4.79 Å². The summed E-state index contributed by atoms with van der Waals surface area (Å²) in [7, 11) is 1.45. The van der Waals surface area contributed by atoms with Crippen LogP contribution in [-0.2, 0) is 19.1 Å². The van der Waals surface area contributed by atoms with E-state index in [-0.39, 0.29) is 32.0 Å². The first-order chi connectivity index (χ1) is 15.5. The van der Waals surface area contributed by atoms with Crippen LogP contribution in [0.5, 0.6) is 0 Å². The van der Waals surface area contributed by atoms with Gasteiger partial charge in [-0.05, 0) is 28.7 Å². The molecule has 8 nitrogen and oxygen atoms in total. The van der Waals surface area contributed by atoms with Crippen molar-refractivity contribution >= 4 is 18.0 Å². The monoisotopic (exact) mass is 440 g/mol. The molecule has 0 spiro atoms. The van der Waals surface area contributed by atoms with Crippen LogP contribution >= 0.6 is 0 Å². The smallest absolute Gasteiger partial charge is 0.407 e. The van der Waals surface area contributed by atoms with E-state index in [1.165, 1.54) is 7.11 Å². The molecular formula is C24H28N2O6. The average Bonchev–Trinajstić information content (AvgIpc) is 3.12. The maximum Gasteiger partial charge on any atom is 0.407 e. The van der Waals surface area contributed by atoms with Crippen LogP contribution in [0.4, 0.5) is 4.79 Å². The molecular weight excluding hydrogens is 412 g/mol. The molecule has 0 saturated carbocycles. The average molecular weight is 440 g/mol. The van der Waals surface area contributed by atoms with Crippen LogP contribution in [0.1, 0.15) is 36.8 Å². The lowest BCUT2D eigenvalue weighted by atomic mass is 9.98. The fraction of sp³-hybridized carbons (Fsp3) is 0.375. The van der Waals surface area contributed by atoms with E-state index in [1.807, 2.05) is 48.5 Å². The summed E-state index contributed by atoms with van der Waals surface area (Å²) in [5.41, 5.74) is 4.43. The summed E-state index contributed by atoms with van der Waals surface area (Å²) in [4.78, 5) is 36.3. The Morgan fingerprint density at radius 2 is 1.56 bits per heavy atom. The maximum atomic E-state index is 12.5. The summed E-state index contributed by atoms with van der Waals surface area (Å²) in [5.74, 6) is -1.83. The van der Waals surface area contributed by atoms with Crippen molar-refractivity contribution in [3.8, 4) is 11.1 Å². The molecule has 32 heavy (non-hydrogen) atoms. The van der Waals surface area contributed by atoms with Crippen LogP contribution in [0.15, 0.2) is 48.5 Å². The third kappa shape index (κ3) is 5.26. The number of alkyl carbamates (subject to hydrolysis) is 1. The van der Waals surface area contributed by atoms with Crippen molar-refractivity contribution in [3.05, 3.63) is 59.7 Å². The van der Waals surface area contributed by atoms with Gasteiger partial charge in [-0.2, -0.15) is 0 Å². The number of hydrogen-bond donors (Lipinski definition) is 3. The van der Waals surface area contributed by atoms with Gasteiger partial charge in [-0.25, -0.2) is 9.59 Å². The van der Waals surface area contributed by atoms with Crippen LogP contribution in [0.25, 0.3) is 11.1 Å². The Bertz CT molecular complexity index is 931. The van der Waals surface area contributed by atoms with E-state index >= 15 is 0 Å². The van der Waals surface area contributed by atoms with E-state index < -0.39 is 30.1 Å². The minimum Gasteiger partial charge on any atom is -0.480 e. The van der Waals surface area contributed by atoms with Gasteiger partial charge in [-0.1, -0.05) is 55.5 Å². The number of nitrogens with one attached hydrogen (secondary N) is 2. The molecule has 0 fully saturated rings. The quantitative estimate of drug-likeness (QED) is 0.524. The molecule has 0 radical (unpaired) electrons. The Kier molecular flexibility index (Phi) is 7.83. The van der Waals surface area contributed by atoms with Crippen molar-refractivity contribution in [2.24, 2.45) is 0 Å². The minimum absolute atomic E-state index is 0.0903. The SMILES string of the molecule is CCC(NC(=O)OCC1c2ccccc2-c2ccccc21)C(=O)NC(CCOC)C(=O)O. The zero-order chi connectivity index (χ0) is 23.1. The highest BCUT2D eigenvalue weighted by Crippen LogP contribution is 2.44. The summed E-state index contributed by atoms with van der Waals surface area (Å²) < 4.78 is 10.4.